The van der Waals surface area contributed by atoms with Crippen molar-refractivity contribution in [2.45, 2.75) is 38.5 Å². The highest BCUT2D eigenvalue weighted by atomic mass is 35.5. The Bertz CT molecular complexity index is 754. The first kappa shape index (κ1) is 21.8. The molecule has 2 aromatic carbocycles. The summed E-state index contributed by atoms with van der Waals surface area (Å²) in [5.41, 5.74) is 0.780. The lowest BCUT2D eigenvalue weighted by atomic mass is 10.2. The molecule has 6 heteroatoms. The van der Waals surface area contributed by atoms with Crippen LogP contribution in [0.15, 0.2) is 48.5 Å². The van der Waals surface area contributed by atoms with Crippen molar-refractivity contribution in [2.75, 3.05) is 13.2 Å². The number of hydrogen-bond acceptors (Lipinski definition) is 5. The maximum absolute atomic E-state index is 12.3. The highest BCUT2D eigenvalue weighted by molar-refractivity contribution is 6.20. The van der Waals surface area contributed by atoms with Gasteiger partial charge in [0.25, 0.3) is 0 Å². The predicted octanol–water partition coefficient (Wildman–Crippen LogP) is 5.26. The van der Waals surface area contributed by atoms with Crippen molar-refractivity contribution in [1.82, 2.24) is 0 Å². The number of unbranched alkanes of at least 4 members (excludes halogenated alkanes) is 2. The number of benzene rings is 2. The monoisotopic (exact) mass is 404 g/mol. The van der Waals surface area contributed by atoms with Gasteiger partial charge < -0.3 is 14.2 Å². The molecule has 0 heterocycles. The van der Waals surface area contributed by atoms with Gasteiger partial charge in [0.1, 0.15) is 18.1 Å². The Balaban J connectivity index is 1.87. The molecule has 0 saturated heterocycles. The molecule has 2 rings (SSSR count). The lowest BCUT2D eigenvalue weighted by molar-refractivity contribution is 0.0508. The zero-order valence-corrected chi connectivity index (χ0v) is 16.9. The molecule has 0 unspecified atom stereocenters. The van der Waals surface area contributed by atoms with E-state index < -0.39 is 11.9 Å². The number of carbonyl (C=O) groups excluding carboxylic acids is 2. The smallest absolute Gasteiger partial charge is 0.343 e. The van der Waals surface area contributed by atoms with Crippen LogP contribution in [-0.2, 0) is 4.74 Å². The summed E-state index contributed by atoms with van der Waals surface area (Å²) < 4.78 is 16.0. The highest BCUT2D eigenvalue weighted by Crippen LogP contribution is 2.17. The van der Waals surface area contributed by atoms with E-state index in [1.54, 1.807) is 43.3 Å². The third kappa shape index (κ3) is 7.24. The number of rotatable bonds is 10. The molecule has 0 fully saturated rings. The molecule has 0 N–H and O–H groups in total. The van der Waals surface area contributed by atoms with Crippen LogP contribution in [0, 0.1) is 0 Å². The van der Waals surface area contributed by atoms with Crippen molar-refractivity contribution in [3.05, 3.63) is 59.7 Å². The fourth-order valence-corrected chi connectivity index (χ4v) is 2.39. The number of alkyl halides is 1. The van der Waals surface area contributed by atoms with Crippen LogP contribution >= 0.6 is 11.6 Å². The van der Waals surface area contributed by atoms with E-state index in [1.807, 2.05) is 0 Å². The van der Waals surface area contributed by atoms with Crippen LogP contribution < -0.4 is 9.47 Å². The Kier molecular flexibility index (Phi) is 8.82. The van der Waals surface area contributed by atoms with Crippen molar-refractivity contribution in [3.8, 4) is 11.5 Å². The Morgan fingerprint density at radius 3 is 2.04 bits per heavy atom. The standard InChI is InChI=1S/C22H25ClO5/c1-3-4-5-14-26-19-10-6-18(7-11-19)22(25)28-20-12-8-17(9-13-20)21(24)27-15-16(2)23/h6-13,16H,3-5,14-15H2,1-2H3/t16-/m1/s1. The van der Waals surface area contributed by atoms with E-state index in [2.05, 4.69) is 6.92 Å². The van der Waals surface area contributed by atoms with Gasteiger partial charge in [0.15, 0.2) is 0 Å². The molecule has 0 aliphatic rings. The van der Waals surface area contributed by atoms with E-state index in [0.717, 1.165) is 25.0 Å². The largest absolute Gasteiger partial charge is 0.494 e. The fraction of sp³-hybridized carbons (Fsp3) is 0.364. The minimum Gasteiger partial charge on any atom is -0.494 e. The quantitative estimate of drug-likeness (QED) is 0.234. The third-order valence-electron chi connectivity index (χ3n) is 3.85. The fourth-order valence-electron chi connectivity index (χ4n) is 2.33. The summed E-state index contributed by atoms with van der Waals surface area (Å²) in [6, 6.07) is 13.0. The molecule has 0 aromatic heterocycles. The molecule has 2 aromatic rings. The first-order valence-corrected chi connectivity index (χ1v) is 9.79. The summed E-state index contributed by atoms with van der Waals surface area (Å²) in [5, 5.41) is -0.252. The molecular weight excluding hydrogens is 380 g/mol. The minimum absolute atomic E-state index is 0.134. The van der Waals surface area contributed by atoms with Crippen LogP contribution in [0.4, 0.5) is 0 Å². The zero-order valence-electron chi connectivity index (χ0n) is 16.2. The van der Waals surface area contributed by atoms with Crippen LogP contribution in [0.1, 0.15) is 53.8 Å². The molecule has 0 bridgehead atoms. The molecule has 0 aliphatic carbocycles. The summed E-state index contributed by atoms with van der Waals surface area (Å²) >= 11 is 5.75. The SMILES string of the molecule is CCCCCOc1ccc(C(=O)Oc2ccc(C(=O)OC[C@@H](C)Cl)cc2)cc1. The maximum atomic E-state index is 12.3. The van der Waals surface area contributed by atoms with Crippen molar-refractivity contribution in [1.29, 1.82) is 0 Å². The number of ether oxygens (including phenoxy) is 3. The normalized spacial score (nSPS) is 11.5. The van der Waals surface area contributed by atoms with Gasteiger partial charge in [-0.05, 0) is 61.9 Å². The summed E-state index contributed by atoms with van der Waals surface area (Å²) in [4.78, 5) is 24.1. The molecular formula is C22H25ClO5. The van der Waals surface area contributed by atoms with E-state index in [4.69, 9.17) is 25.8 Å². The topological polar surface area (TPSA) is 61.8 Å². The molecule has 0 aliphatic heterocycles. The van der Waals surface area contributed by atoms with E-state index in [1.165, 1.54) is 12.1 Å². The van der Waals surface area contributed by atoms with Crippen LogP contribution in [0.5, 0.6) is 11.5 Å². The van der Waals surface area contributed by atoms with Gasteiger partial charge >= 0.3 is 11.9 Å². The van der Waals surface area contributed by atoms with E-state index >= 15 is 0 Å². The van der Waals surface area contributed by atoms with Crippen molar-refractivity contribution in [2.24, 2.45) is 0 Å². The van der Waals surface area contributed by atoms with Gasteiger partial charge in [0.2, 0.25) is 0 Å². The lowest BCUT2D eigenvalue weighted by Gasteiger charge is -2.08. The first-order valence-electron chi connectivity index (χ1n) is 9.36. The molecule has 0 spiro atoms. The molecule has 0 amide bonds. The van der Waals surface area contributed by atoms with Gasteiger partial charge in [0, 0.05) is 0 Å². The number of esters is 2. The predicted molar refractivity (Wildman–Crippen MR) is 108 cm³/mol. The summed E-state index contributed by atoms with van der Waals surface area (Å²) in [7, 11) is 0. The maximum Gasteiger partial charge on any atom is 0.343 e. The zero-order chi connectivity index (χ0) is 20.4. The van der Waals surface area contributed by atoms with Gasteiger partial charge in [-0.25, -0.2) is 9.59 Å². The van der Waals surface area contributed by atoms with Crippen molar-refractivity contribution in [3.63, 3.8) is 0 Å². The molecule has 0 radical (unpaired) electrons. The lowest BCUT2D eigenvalue weighted by Crippen LogP contribution is -2.12. The summed E-state index contributed by atoms with van der Waals surface area (Å²) in [6.07, 6.45) is 3.28. The van der Waals surface area contributed by atoms with Gasteiger partial charge in [-0.15, -0.1) is 11.6 Å². The van der Waals surface area contributed by atoms with Gasteiger partial charge in [-0.1, -0.05) is 19.8 Å². The van der Waals surface area contributed by atoms with Crippen LogP contribution in [0.25, 0.3) is 0 Å². The second-order valence-corrected chi connectivity index (χ2v) is 7.12. The summed E-state index contributed by atoms with van der Waals surface area (Å²) in [6.45, 7) is 4.68. The second kappa shape index (κ2) is 11.3. The number of carbonyl (C=O) groups is 2. The minimum atomic E-state index is -0.483. The number of halogens is 1. The van der Waals surface area contributed by atoms with Crippen LogP contribution in [0.2, 0.25) is 0 Å². The third-order valence-corrected chi connectivity index (χ3v) is 3.98. The Morgan fingerprint density at radius 1 is 0.893 bits per heavy atom. The van der Waals surface area contributed by atoms with Crippen LogP contribution in [-0.4, -0.2) is 30.5 Å². The van der Waals surface area contributed by atoms with Crippen LogP contribution in [0.3, 0.4) is 0 Å². The average molecular weight is 405 g/mol. The highest BCUT2D eigenvalue weighted by Gasteiger charge is 2.12. The van der Waals surface area contributed by atoms with E-state index in [-0.39, 0.29) is 12.0 Å². The van der Waals surface area contributed by atoms with Gasteiger partial charge in [-0.2, -0.15) is 0 Å². The van der Waals surface area contributed by atoms with Crippen molar-refractivity contribution >= 4 is 23.5 Å². The Hall–Kier alpha value is -2.53. The average Bonchev–Trinajstić information content (AvgIpc) is 2.70. The van der Waals surface area contributed by atoms with E-state index in [0.29, 0.717) is 23.5 Å². The Morgan fingerprint density at radius 2 is 1.46 bits per heavy atom. The van der Waals surface area contributed by atoms with Gasteiger partial charge in [0.05, 0.1) is 23.1 Å². The van der Waals surface area contributed by atoms with Gasteiger partial charge in [-0.3, -0.25) is 0 Å². The molecule has 5 nitrogen and oxygen atoms in total. The summed E-state index contributed by atoms with van der Waals surface area (Å²) in [5.74, 6) is 0.109. The van der Waals surface area contributed by atoms with E-state index in [9.17, 15) is 9.59 Å². The molecule has 28 heavy (non-hydrogen) atoms. The first-order chi connectivity index (χ1) is 13.5. The molecule has 1 atom stereocenters. The number of hydrogen-bond donors (Lipinski definition) is 0. The Labute approximate surface area is 170 Å². The second-order valence-electron chi connectivity index (χ2n) is 6.37. The van der Waals surface area contributed by atoms with Crippen molar-refractivity contribution < 1.29 is 23.8 Å². The molecule has 150 valence electrons. The molecule has 0 saturated carbocycles.